The van der Waals surface area contributed by atoms with Gasteiger partial charge >= 0.3 is 0 Å². The summed E-state index contributed by atoms with van der Waals surface area (Å²) in [6.07, 6.45) is 13.7. The molecule has 0 aromatic heterocycles. The minimum Gasteiger partial charge on any atom is -0.486 e. The molecule has 0 aliphatic heterocycles. The van der Waals surface area contributed by atoms with Crippen LogP contribution in [0.25, 0.3) is 22.3 Å². The molecule has 0 saturated heterocycles. The van der Waals surface area contributed by atoms with Crippen LogP contribution in [0.15, 0.2) is 60.7 Å². The first-order valence-corrected chi connectivity index (χ1v) is 15.2. The minimum atomic E-state index is -1.05. The molecule has 0 unspecified atom stereocenters. The van der Waals surface area contributed by atoms with Crippen molar-refractivity contribution in [3.63, 3.8) is 0 Å². The predicted octanol–water partition coefficient (Wildman–Crippen LogP) is 11.0. The van der Waals surface area contributed by atoms with Gasteiger partial charge in [0.25, 0.3) is 0 Å². The zero-order chi connectivity index (χ0) is 28.9. The Balaban J connectivity index is 1.27. The standard InChI is InChI=1S/C36H40F4O/c1-3-4-5-22-41-32-21-20-31(35(39)36(32)40)28-16-14-27(15-17-28)30-19-18-29(33(37)34(30)38)26-12-10-25(11-13-26)24-8-6-23(2)7-9-24/h4-5,14-21,23-26H,3,6-13,22H2,1-2H3/b5-4+. The Labute approximate surface area is 241 Å². The summed E-state index contributed by atoms with van der Waals surface area (Å²) < 4.78 is 65.5. The molecule has 3 aromatic carbocycles. The Kier molecular flexibility index (Phi) is 9.52. The third kappa shape index (κ3) is 6.55. The summed E-state index contributed by atoms with van der Waals surface area (Å²) in [4.78, 5) is 0. The van der Waals surface area contributed by atoms with E-state index in [1.807, 2.05) is 13.0 Å². The SMILES string of the molecule is CC/C=C/COc1ccc(-c2ccc(-c3ccc(C4CCC(C5CCC(C)CC5)CC4)c(F)c3F)cc2)c(F)c1F. The van der Waals surface area contributed by atoms with Gasteiger partial charge in [0, 0.05) is 11.1 Å². The van der Waals surface area contributed by atoms with E-state index in [2.05, 4.69) is 6.92 Å². The second-order valence-electron chi connectivity index (χ2n) is 12.0. The average molecular weight is 565 g/mol. The molecule has 2 fully saturated rings. The second-order valence-corrected chi connectivity index (χ2v) is 12.0. The zero-order valence-electron chi connectivity index (χ0n) is 24.1. The highest BCUT2D eigenvalue weighted by atomic mass is 19.2. The molecule has 41 heavy (non-hydrogen) atoms. The highest BCUT2D eigenvalue weighted by Gasteiger charge is 2.32. The van der Waals surface area contributed by atoms with Gasteiger partial charge in [-0.25, -0.2) is 13.2 Å². The molecule has 2 aliphatic carbocycles. The van der Waals surface area contributed by atoms with E-state index in [9.17, 15) is 8.78 Å². The lowest BCUT2D eigenvalue weighted by molar-refractivity contribution is 0.164. The van der Waals surface area contributed by atoms with E-state index in [-0.39, 0.29) is 29.4 Å². The molecule has 0 bridgehead atoms. The van der Waals surface area contributed by atoms with E-state index < -0.39 is 23.3 Å². The van der Waals surface area contributed by atoms with Gasteiger partial charge in [-0.15, -0.1) is 0 Å². The number of rotatable bonds is 8. The maximum atomic E-state index is 15.4. The molecule has 0 heterocycles. The first-order chi connectivity index (χ1) is 19.9. The fraction of sp³-hybridized carbons (Fsp3) is 0.444. The molecule has 0 atom stereocenters. The third-order valence-corrected chi connectivity index (χ3v) is 9.34. The van der Waals surface area contributed by atoms with Crippen molar-refractivity contribution >= 4 is 0 Å². The van der Waals surface area contributed by atoms with E-state index in [0.717, 1.165) is 49.9 Å². The van der Waals surface area contributed by atoms with E-state index in [0.29, 0.717) is 16.7 Å². The monoisotopic (exact) mass is 564 g/mol. The summed E-state index contributed by atoms with van der Waals surface area (Å²) in [6, 6.07) is 12.7. The lowest BCUT2D eigenvalue weighted by atomic mass is 9.68. The fourth-order valence-corrected chi connectivity index (χ4v) is 6.83. The van der Waals surface area contributed by atoms with Crippen LogP contribution in [0.1, 0.15) is 83.1 Å². The van der Waals surface area contributed by atoms with Gasteiger partial charge < -0.3 is 4.74 Å². The molecular formula is C36H40F4O. The number of hydrogen-bond acceptors (Lipinski definition) is 1. The van der Waals surface area contributed by atoms with Gasteiger partial charge in [-0.05, 0) is 97.4 Å². The molecule has 5 rings (SSSR count). The third-order valence-electron chi connectivity index (χ3n) is 9.34. The van der Waals surface area contributed by atoms with Gasteiger partial charge in [-0.2, -0.15) is 4.39 Å². The van der Waals surface area contributed by atoms with Gasteiger partial charge in [-0.1, -0.05) is 75.2 Å². The Morgan fingerprint density at radius 1 is 0.634 bits per heavy atom. The molecule has 1 nitrogen and oxygen atoms in total. The Morgan fingerprint density at radius 3 is 1.76 bits per heavy atom. The molecule has 0 N–H and O–H groups in total. The van der Waals surface area contributed by atoms with Crippen molar-refractivity contribution in [3.8, 4) is 28.0 Å². The van der Waals surface area contributed by atoms with E-state index in [1.165, 1.54) is 37.8 Å². The zero-order valence-corrected chi connectivity index (χ0v) is 24.1. The largest absolute Gasteiger partial charge is 0.486 e. The van der Waals surface area contributed by atoms with Gasteiger partial charge in [-0.3, -0.25) is 0 Å². The molecule has 0 amide bonds. The highest BCUT2D eigenvalue weighted by molar-refractivity contribution is 5.72. The molecule has 0 radical (unpaired) electrons. The number of benzene rings is 3. The first-order valence-electron chi connectivity index (χ1n) is 15.2. The van der Waals surface area contributed by atoms with Crippen molar-refractivity contribution in [3.05, 3.63) is 89.5 Å². The molecule has 3 aromatic rings. The maximum absolute atomic E-state index is 15.4. The van der Waals surface area contributed by atoms with Gasteiger partial charge in [0.15, 0.2) is 23.2 Å². The second kappa shape index (κ2) is 13.3. The van der Waals surface area contributed by atoms with Crippen LogP contribution in [0, 0.1) is 41.0 Å². The van der Waals surface area contributed by atoms with Crippen molar-refractivity contribution < 1.29 is 22.3 Å². The van der Waals surface area contributed by atoms with Crippen LogP contribution < -0.4 is 4.74 Å². The van der Waals surface area contributed by atoms with Crippen molar-refractivity contribution in [1.29, 1.82) is 0 Å². The lowest BCUT2D eigenvalue weighted by Gasteiger charge is -2.37. The molecule has 5 heteroatoms. The van der Waals surface area contributed by atoms with Gasteiger partial charge in [0.05, 0.1) is 0 Å². The lowest BCUT2D eigenvalue weighted by Crippen LogP contribution is -2.25. The van der Waals surface area contributed by atoms with Crippen LogP contribution in [0.4, 0.5) is 17.6 Å². The predicted molar refractivity (Wildman–Crippen MR) is 158 cm³/mol. The summed E-state index contributed by atoms with van der Waals surface area (Å²) in [7, 11) is 0. The summed E-state index contributed by atoms with van der Waals surface area (Å²) in [5, 5.41) is 0. The Morgan fingerprint density at radius 2 is 1.17 bits per heavy atom. The normalized spacial score (nSPS) is 23.2. The summed E-state index contributed by atoms with van der Waals surface area (Å²) in [6.45, 7) is 4.46. The minimum absolute atomic E-state index is 0.0483. The van der Waals surface area contributed by atoms with Crippen LogP contribution in [0.2, 0.25) is 0 Å². The topological polar surface area (TPSA) is 9.23 Å². The Hall–Kier alpha value is -3.08. The smallest absolute Gasteiger partial charge is 0.201 e. The molecule has 2 saturated carbocycles. The number of halogens is 4. The van der Waals surface area contributed by atoms with Gasteiger partial charge in [0.1, 0.15) is 6.61 Å². The average Bonchev–Trinajstić information content (AvgIpc) is 2.99. The number of allylic oxidation sites excluding steroid dienone is 1. The van der Waals surface area contributed by atoms with Crippen LogP contribution in [-0.4, -0.2) is 6.61 Å². The summed E-state index contributed by atoms with van der Waals surface area (Å²) in [5.74, 6) is -1.44. The molecule has 0 spiro atoms. The summed E-state index contributed by atoms with van der Waals surface area (Å²) >= 11 is 0. The van der Waals surface area contributed by atoms with Crippen molar-refractivity contribution in [1.82, 2.24) is 0 Å². The summed E-state index contributed by atoms with van der Waals surface area (Å²) in [5.41, 5.74) is 1.63. The molecular weight excluding hydrogens is 524 g/mol. The van der Waals surface area contributed by atoms with E-state index >= 15 is 8.78 Å². The van der Waals surface area contributed by atoms with Crippen LogP contribution >= 0.6 is 0 Å². The highest BCUT2D eigenvalue weighted by Crippen LogP contribution is 2.45. The maximum Gasteiger partial charge on any atom is 0.201 e. The van der Waals surface area contributed by atoms with Crippen LogP contribution in [-0.2, 0) is 0 Å². The van der Waals surface area contributed by atoms with Crippen molar-refractivity contribution in [2.24, 2.45) is 17.8 Å². The quantitative estimate of drug-likeness (QED) is 0.195. The Bertz CT molecular complexity index is 1350. The van der Waals surface area contributed by atoms with Gasteiger partial charge in [0.2, 0.25) is 5.82 Å². The number of hydrogen-bond donors (Lipinski definition) is 0. The molecule has 2 aliphatic rings. The number of ether oxygens (including phenoxy) is 1. The van der Waals surface area contributed by atoms with Crippen LogP contribution in [0.5, 0.6) is 5.75 Å². The first kappa shape index (κ1) is 29.4. The molecule has 218 valence electrons. The van der Waals surface area contributed by atoms with E-state index in [4.69, 9.17) is 4.74 Å². The fourth-order valence-electron chi connectivity index (χ4n) is 6.83. The van der Waals surface area contributed by atoms with Crippen LogP contribution in [0.3, 0.4) is 0 Å². The van der Waals surface area contributed by atoms with Crippen molar-refractivity contribution in [2.45, 2.75) is 77.6 Å². The van der Waals surface area contributed by atoms with E-state index in [1.54, 1.807) is 42.5 Å². The van der Waals surface area contributed by atoms with Crippen molar-refractivity contribution in [2.75, 3.05) is 6.61 Å².